The SMILES string of the molecule is [13CH3][P+](c1ccccc1)(c1ccccc1)c1ccccc1.[Br-]. The van der Waals surface area contributed by atoms with Gasteiger partial charge in [0.25, 0.3) is 0 Å². The summed E-state index contributed by atoms with van der Waals surface area (Å²) in [6.07, 6.45) is 0. The van der Waals surface area contributed by atoms with Crippen molar-refractivity contribution < 1.29 is 17.0 Å². The van der Waals surface area contributed by atoms with Gasteiger partial charge in [0.2, 0.25) is 0 Å². The molecule has 0 heterocycles. The first-order valence-corrected chi connectivity index (χ1v) is 9.09. The smallest absolute Gasteiger partial charge is 0.109 e. The third kappa shape index (κ3) is 3.10. The Morgan fingerprint density at radius 2 is 0.714 bits per heavy atom. The quantitative estimate of drug-likeness (QED) is 0.476. The Balaban J connectivity index is 0.00000161. The van der Waals surface area contributed by atoms with Crippen molar-refractivity contribution in [1.29, 1.82) is 0 Å². The van der Waals surface area contributed by atoms with E-state index in [0.717, 1.165) is 0 Å². The van der Waals surface area contributed by atoms with Crippen molar-refractivity contribution in [2.75, 3.05) is 6.66 Å². The summed E-state index contributed by atoms with van der Waals surface area (Å²) in [6, 6.07) is 32.6. The lowest BCUT2D eigenvalue weighted by molar-refractivity contribution is -0.00000390. The fourth-order valence-electron chi connectivity index (χ4n) is 2.63. The molecule has 0 aliphatic heterocycles. The van der Waals surface area contributed by atoms with Gasteiger partial charge in [-0.25, -0.2) is 0 Å². The van der Waals surface area contributed by atoms with Gasteiger partial charge in [-0.2, -0.15) is 0 Å². The van der Waals surface area contributed by atoms with Crippen LogP contribution >= 0.6 is 7.26 Å². The summed E-state index contributed by atoms with van der Waals surface area (Å²) in [5, 5.41) is 4.28. The first kappa shape index (κ1) is 15.9. The Kier molecular flexibility index (Phi) is 5.33. The molecule has 3 aromatic carbocycles. The second-order valence-electron chi connectivity index (χ2n) is 5.01. The summed E-state index contributed by atoms with van der Waals surface area (Å²) in [5.74, 6) is 0. The maximum atomic E-state index is 2.41. The molecule has 3 rings (SSSR count). The topological polar surface area (TPSA) is 0 Å². The van der Waals surface area contributed by atoms with E-state index in [0.29, 0.717) is 0 Å². The highest BCUT2D eigenvalue weighted by molar-refractivity contribution is 7.95. The van der Waals surface area contributed by atoms with Crippen molar-refractivity contribution in [1.82, 2.24) is 0 Å². The van der Waals surface area contributed by atoms with Gasteiger partial charge in [-0.1, -0.05) is 54.6 Å². The Bertz CT molecular complexity index is 569. The lowest BCUT2D eigenvalue weighted by atomic mass is 10.4. The number of benzene rings is 3. The van der Waals surface area contributed by atoms with Crippen molar-refractivity contribution in [3.05, 3.63) is 91.0 Å². The molecule has 0 aliphatic rings. The number of rotatable bonds is 3. The molecule has 0 unspecified atom stereocenters. The Hall–Kier alpha value is -1.43. The van der Waals surface area contributed by atoms with Crippen LogP contribution in [0.15, 0.2) is 91.0 Å². The Morgan fingerprint density at radius 3 is 0.952 bits per heavy atom. The first-order chi connectivity index (χ1) is 9.82. The Morgan fingerprint density at radius 1 is 0.476 bits per heavy atom. The molecule has 0 radical (unpaired) electrons. The molecule has 0 aromatic heterocycles. The van der Waals surface area contributed by atoms with E-state index in [9.17, 15) is 0 Å². The number of hydrogen-bond acceptors (Lipinski definition) is 0. The number of halogens is 1. The molecule has 21 heavy (non-hydrogen) atoms. The van der Waals surface area contributed by atoms with Gasteiger partial charge in [0.1, 0.15) is 23.2 Å². The van der Waals surface area contributed by atoms with Crippen molar-refractivity contribution in [3.63, 3.8) is 0 Å². The van der Waals surface area contributed by atoms with Crippen LogP contribution in [0.25, 0.3) is 0 Å². The predicted molar refractivity (Wildman–Crippen MR) is 91.1 cm³/mol. The maximum absolute atomic E-state index is 2.41. The van der Waals surface area contributed by atoms with Gasteiger partial charge in [-0.05, 0) is 36.4 Å². The normalized spacial score (nSPS) is 10.7. The average Bonchev–Trinajstić information content (AvgIpc) is 2.56. The second-order valence-corrected chi connectivity index (χ2v) is 8.57. The van der Waals surface area contributed by atoms with E-state index >= 15 is 0 Å². The zero-order valence-electron chi connectivity index (χ0n) is 12.0. The highest BCUT2D eigenvalue weighted by atomic mass is 79.9. The fraction of sp³-hybridized carbons (Fsp3) is 0.0526. The van der Waals surface area contributed by atoms with Crippen LogP contribution in [0.2, 0.25) is 0 Å². The molecular formula is C19H18BrP. The Labute approximate surface area is 138 Å². The molecule has 0 nitrogen and oxygen atoms in total. The van der Waals surface area contributed by atoms with E-state index in [1.54, 1.807) is 0 Å². The van der Waals surface area contributed by atoms with Crippen LogP contribution in [0.3, 0.4) is 0 Å². The summed E-state index contributed by atoms with van der Waals surface area (Å²) >= 11 is 0. The third-order valence-electron chi connectivity index (χ3n) is 3.82. The third-order valence-corrected chi connectivity index (χ3v) is 7.81. The van der Waals surface area contributed by atoms with Crippen molar-refractivity contribution in [3.8, 4) is 0 Å². The molecule has 3 aromatic rings. The molecule has 0 N–H and O–H groups in total. The molecule has 2 heteroatoms. The van der Waals surface area contributed by atoms with Gasteiger partial charge in [-0.15, -0.1) is 0 Å². The fourth-order valence-corrected chi connectivity index (χ4v) is 5.83. The minimum atomic E-state index is -1.53. The molecule has 0 fully saturated rings. The summed E-state index contributed by atoms with van der Waals surface area (Å²) in [7, 11) is -1.53. The van der Waals surface area contributed by atoms with Gasteiger partial charge in [0, 0.05) is 0 Å². The molecule has 0 atom stereocenters. The maximum Gasteiger partial charge on any atom is 0.109 e. The molecule has 0 aliphatic carbocycles. The van der Waals surface area contributed by atoms with E-state index < -0.39 is 7.26 Å². The molecule has 0 saturated heterocycles. The highest BCUT2D eigenvalue weighted by Crippen LogP contribution is 2.51. The van der Waals surface area contributed by atoms with Gasteiger partial charge in [0.05, 0.1) is 6.66 Å². The van der Waals surface area contributed by atoms with Gasteiger partial charge in [0.15, 0.2) is 0 Å². The van der Waals surface area contributed by atoms with Gasteiger partial charge >= 0.3 is 0 Å². The van der Waals surface area contributed by atoms with Crippen LogP contribution in [0.1, 0.15) is 0 Å². The minimum absolute atomic E-state index is 0. The summed E-state index contributed by atoms with van der Waals surface area (Å²) < 4.78 is 0. The van der Waals surface area contributed by atoms with Crippen LogP contribution in [0.4, 0.5) is 0 Å². The van der Waals surface area contributed by atoms with Crippen molar-refractivity contribution in [2.45, 2.75) is 0 Å². The van der Waals surface area contributed by atoms with E-state index in [1.165, 1.54) is 15.9 Å². The lowest BCUT2D eigenvalue weighted by Gasteiger charge is -2.22. The zero-order chi connectivity index (χ0) is 13.8. The lowest BCUT2D eigenvalue weighted by Crippen LogP contribution is -3.00. The molecule has 0 saturated carbocycles. The predicted octanol–water partition coefficient (Wildman–Crippen LogP) is 0.614. The molecule has 0 bridgehead atoms. The van der Waals surface area contributed by atoms with Crippen LogP contribution in [-0.2, 0) is 0 Å². The summed E-state index contributed by atoms with van der Waals surface area (Å²) in [5.41, 5.74) is 0. The number of hydrogen-bond donors (Lipinski definition) is 0. The average molecular weight is 358 g/mol. The molecule has 0 amide bonds. The molecule has 0 spiro atoms. The van der Waals surface area contributed by atoms with E-state index in [1.807, 2.05) is 0 Å². The van der Waals surface area contributed by atoms with E-state index in [2.05, 4.69) is 97.7 Å². The molecule has 106 valence electrons. The van der Waals surface area contributed by atoms with Crippen molar-refractivity contribution >= 4 is 23.2 Å². The van der Waals surface area contributed by atoms with Crippen molar-refractivity contribution in [2.24, 2.45) is 0 Å². The van der Waals surface area contributed by atoms with Crippen LogP contribution in [0.5, 0.6) is 0 Å². The zero-order valence-corrected chi connectivity index (χ0v) is 14.5. The minimum Gasteiger partial charge on any atom is -1.00 e. The first-order valence-electron chi connectivity index (χ1n) is 6.85. The summed E-state index contributed by atoms with van der Waals surface area (Å²) in [4.78, 5) is 0. The highest BCUT2D eigenvalue weighted by Gasteiger charge is 2.39. The van der Waals surface area contributed by atoms with Crippen LogP contribution in [0, 0.1) is 0 Å². The standard InChI is InChI=1S/C19H18P.BrH/c1-20(17-11-5-2-6-12-17,18-13-7-3-8-14-18)19-15-9-4-10-16-19;/h2-16H,1H3;1H/q+1;/p-1/i1+1;. The second kappa shape index (κ2) is 7.02. The van der Waals surface area contributed by atoms with E-state index in [-0.39, 0.29) is 17.0 Å². The van der Waals surface area contributed by atoms with Crippen LogP contribution in [-0.4, -0.2) is 6.66 Å². The van der Waals surface area contributed by atoms with Gasteiger partial charge in [-0.3, -0.25) is 0 Å². The van der Waals surface area contributed by atoms with Crippen LogP contribution < -0.4 is 32.9 Å². The van der Waals surface area contributed by atoms with Gasteiger partial charge < -0.3 is 17.0 Å². The summed E-state index contributed by atoms with van der Waals surface area (Å²) in [6.45, 7) is 2.41. The van der Waals surface area contributed by atoms with E-state index in [4.69, 9.17) is 0 Å². The largest absolute Gasteiger partial charge is 1.00 e. The molecular weight excluding hydrogens is 340 g/mol. The monoisotopic (exact) mass is 357 g/mol.